The topological polar surface area (TPSA) is 37.4 Å². The van der Waals surface area contributed by atoms with Gasteiger partial charge in [-0.15, -0.1) is 0 Å². The average Bonchev–Trinajstić information content (AvgIpc) is 2.06. The number of hydrogen-bond acceptors (Lipinski definition) is 2. The molecule has 0 aromatic heterocycles. The van der Waals surface area contributed by atoms with Gasteiger partial charge in [0.15, 0.2) is 5.78 Å². The molecule has 1 amide bonds. The largest absolute Gasteiger partial charge is 0.340 e. The summed E-state index contributed by atoms with van der Waals surface area (Å²) in [5.41, 5.74) is 0. The lowest BCUT2D eigenvalue weighted by Crippen LogP contribution is -2.45. The lowest BCUT2D eigenvalue weighted by molar-refractivity contribution is -0.135. The summed E-state index contributed by atoms with van der Waals surface area (Å²) < 4.78 is -1.92. The molecule has 0 saturated heterocycles. The first-order chi connectivity index (χ1) is 5.87. The first-order valence-electron chi connectivity index (χ1n) is 4.06. The van der Waals surface area contributed by atoms with E-state index in [0.717, 1.165) is 0 Å². The maximum absolute atomic E-state index is 11.5. The van der Waals surface area contributed by atoms with E-state index in [1.54, 1.807) is 13.8 Å². The van der Waals surface area contributed by atoms with Gasteiger partial charge in [0.25, 0.3) is 10.2 Å². The smallest absolute Gasteiger partial charge is 0.266 e. The number of rotatable bonds is 4. The van der Waals surface area contributed by atoms with Gasteiger partial charge in [0.05, 0.1) is 0 Å². The summed E-state index contributed by atoms with van der Waals surface area (Å²) in [6.07, 6.45) is 0. The van der Waals surface area contributed by atoms with Crippen molar-refractivity contribution in [2.45, 2.75) is 25.1 Å². The molecule has 0 bridgehead atoms. The molecule has 0 aliphatic rings. The second kappa shape index (κ2) is 4.82. The lowest BCUT2D eigenvalue weighted by atomic mass is 10.2. The van der Waals surface area contributed by atoms with Gasteiger partial charge in [-0.25, -0.2) is 0 Å². The highest BCUT2D eigenvalue weighted by Crippen LogP contribution is 2.24. The van der Waals surface area contributed by atoms with Crippen LogP contribution in [0, 0.1) is 0 Å². The Labute approximate surface area is 88.0 Å². The van der Waals surface area contributed by atoms with E-state index in [1.807, 2.05) is 0 Å². The fraction of sp³-hybridized carbons (Fsp3) is 0.750. The highest BCUT2D eigenvalue weighted by atomic mass is 35.5. The maximum atomic E-state index is 11.5. The average molecular weight is 226 g/mol. The Hall–Kier alpha value is -0.280. The van der Waals surface area contributed by atoms with Gasteiger partial charge in [-0.05, 0) is 20.8 Å². The molecular weight excluding hydrogens is 213 g/mol. The van der Waals surface area contributed by atoms with E-state index in [-0.39, 0.29) is 0 Å². The molecule has 76 valence electrons. The first kappa shape index (κ1) is 12.7. The minimum atomic E-state index is -1.92. The predicted octanol–water partition coefficient (Wildman–Crippen LogP) is 1.62. The van der Waals surface area contributed by atoms with Gasteiger partial charge in [0, 0.05) is 13.1 Å². The van der Waals surface area contributed by atoms with Gasteiger partial charge in [0.2, 0.25) is 0 Å². The summed E-state index contributed by atoms with van der Waals surface area (Å²) in [6, 6.07) is 0. The Balaban J connectivity index is 4.66. The molecule has 0 rings (SSSR count). The van der Waals surface area contributed by atoms with Crippen molar-refractivity contribution in [1.29, 1.82) is 0 Å². The molecule has 0 N–H and O–H groups in total. The molecule has 0 heterocycles. The van der Waals surface area contributed by atoms with E-state index in [2.05, 4.69) is 0 Å². The van der Waals surface area contributed by atoms with Crippen LogP contribution in [0.2, 0.25) is 0 Å². The molecule has 3 nitrogen and oxygen atoms in total. The lowest BCUT2D eigenvalue weighted by Gasteiger charge is -2.24. The van der Waals surface area contributed by atoms with Crippen LogP contribution in [0.5, 0.6) is 0 Å². The molecule has 0 atom stereocenters. The van der Waals surface area contributed by atoms with Crippen molar-refractivity contribution in [3.8, 4) is 0 Å². The van der Waals surface area contributed by atoms with Crippen molar-refractivity contribution in [1.82, 2.24) is 4.90 Å². The molecule has 5 heteroatoms. The molecule has 0 aliphatic heterocycles. The highest BCUT2D eigenvalue weighted by Gasteiger charge is 2.41. The maximum Gasteiger partial charge on any atom is 0.266 e. The van der Waals surface area contributed by atoms with Crippen LogP contribution in [0.15, 0.2) is 0 Å². The van der Waals surface area contributed by atoms with E-state index in [0.29, 0.717) is 13.1 Å². The van der Waals surface area contributed by atoms with E-state index >= 15 is 0 Å². The van der Waals surface area contributed by atoms with Gasteiger partial charge in [0.1, 0.15) is 0 Å². The molecule has 0 unspecified atom stereocenters. The summed E-state index contributed by atoms with van der Waals surface area (Å²) in [4.78, 5) is 23.9. The Morgan fingerprint density at radius 3 is 1.85 bits per heavy atom. The Bertz CT molecular complexity index is 212. The van der Waals surface area contributed by atoms with Crippen molar-refractivity contribution >= 4 is 34.9 Å². The van der Waals surface area contributed by atoms with Crippen molar-refractivity contribution < 1.29 is 9.59 Å². The molecule has 0 spiro atoms. The van der Waals surface area contributed by atoms with Gasteiger partial charge >= 0.3 is 0 Å². The predicted molar refractivity (Wildman–Crippen MR) is 53.0 cm³/mol. The van der Waals surface area contributed by atoms with Crippen LogP contribution in [-0.2, 0) is 9.59 Å². The van der Waals surface area contributed by atoms with Crippen LogP contribution in [0.1, 0.15) is 20.8 Å². The Morgan fingerprint density at radius 2 is 1.62 bits per heavy atom. The number of nitrogens with zero attached hydrogens (tertiary/aromatic N) is 1. The molecule has 0 fully saturated rings. The number of alkyl halides is 2. The van der Waals surface area contributed by atoms with Crippen molar-refractivity contribution in [2.24, 2.45) is 0 Å². The second-order valence-corrected chi connectivity index (χ2v) is 3.94. The van der Waals surface area contributed by atoms with Crippen LogP contribution in [0.25, 0.3) is 0 Å². The van der Waals surface area contributed by atoms with E-state index in [1.165, 1.54) is 11.8 Å². The van der Waals surface area contributed by atoms with E-state index in [4.69, 9.17) is 23.2 Å². The number of amides is 1. The molecule has 0 aromatic rings. The Morgan fingerprint density at radius 1 is 1.23 bits per heavy atom. The first-order valence-corrected chi connectivity index (χ1v) is 4.81. The van der Waals surface area contributed by atoms with Gasteiger partial charge in [-0.3, -0.25) is 9.59 Å². The third kappa shape index (κ3) is 2.85. The minimum Gasteiger partial charge on any atom is -0.340 e. The second-order valence-electron chi connectivity index (χ2n) is 2.61. The summed E-state index contributed by atoms with van der Waals surface area (Å²) in [5, 5.41) is 0. The quantitative estimate of drug-likeness (QED) is 0.539. The molecule has 0 aromatic carbocycles. The van der Waals surface area contributed by atoms with Crippen LogP contribution in [0.4, 0.5) is 0 Å². The summed E-state index contributed by atoms with van der Waals surface area (Å²) in [5.74, 6) is -1.10. The number of ketones is 1. The monoisotopic (exact) mass is 225 g/mol. The van der Waals surface area contributed by atoms with Gasteiger partial charge in [-0.1, -0.05) is 23.2 Å². The fourth-order valence-electron chi connectivity index (χ4n) is 0.860. The number of Topliss-reactive ketones (excluding diaryl/α,β-unsaturated/α-hetero) is 1. The zero-order valence-electron chi connectivity index (χ0n) is 7.93. The summed E-state index contributed by atoms with van der Waals surface area (Å²) >= 11 is 11.2. The Kier molecular flexibility index (Phi) is 4.71. The van der Waals surface area contributed by atoms with Crippen LogP contribution in [-0.4, -0.2) is 34.0 Å². The number of hydrogen-bond donors (Lipinski definition) is 0. The van der Waals surface area contributed by atoms with Crippen molar-refractivity contribution in [3.63, 3.8) is 0 Å². The highest BCUT2D eigenvalue weighted by molar-refractivity contribution is 6.67. The fourth-order valence-corrected chi connectivity index (χ4v) is 1.10. The molecule has 13 heavy (non-hydrogen) atoms. The summed E-state index contributed by atoms with van der Waals surface area (Å²) in [6.45, 7) is 5.77. The molecule has 0 radical (unpaired) electrons. The zero-order chi connectivity index (χ0) is 10.6. The summed E-state index contributed by atoms with van der Waals surface area (Å²) in [7, 11) is 0. The van der Waals surface area contributed by atoms with Crippen LogP contribution < -0.4 is 0 Å². The van der Waals surface area contributed by atoms with E-state index in [9.17, 15) is 9.59 Å². The van der Waals surface area contributed by atoms with Gasteiger partial charge in [-0.2, -0.15) is 0 Å². The van der Waals surface area contributed by atoms with Crippen LogP contribution in [0.3, 0.4) is 0 Å². The normalized spacial score (nSPS) is 11.2. The third-order valence-corrected chi connectivity index (χ3v) is 2.62. The SMILES string of the molecule is CCN(CC)C(=O)C(Cl)(Cl)C(C)=O. The third-order valence-electron chi connectivity index (χ3n) is 1.76. The van der Waals surface area contributed by atoms with Gasteiger partial charge < -0.3 is 4.90 Å². The zero-order valence-corrected chi connectivity index (χ0v) is 9.45. The standard InChI is InChI=1S/C8H13Cl2NO2/c1-4-11(5-2)7(13)8(9,10)6(3)12/h4-5H2,1-3H3. The number of carbonyl (C=O) groups excluding carboxylic acids is 2. The van der Waals surface area contributed by atoms with Crippen LogP contribution >= 0.6 is 23.2 Å². The number of halogens is 2. The van der Waals surface area contributed by atoms with E-state index < -0.39 is 16.0 Å². The molecule has 0 saturated carbocycles. The number of carbonyl (C=O) groups is 2. The van der Waals surface area contributed by atoms with Crippen molar-refractivity contribution in [3.05, 3.63) is 0 Å². The molecule has 0 aliphatic carbocycles. The molecular formula is C8H13Cl2NO2. The van der Waals surface area contributed by atoms with Crippen molar-refractivity contribution in [2.75, 3.05) is 13.1 Å². The minimum absolute atomic E-state index is 0.490.